The molecule has 1 aromatic heterocycles. The fraction of sp³-hybridized carbons (Fsp3) is 0.538. The number of hydrogen-bond donors (Lipinski definition) is 3. The summed E-state index contributed by atoms with van der Waals surface area (Å²) in [5.41, 5.74) is 0.346. The van der Waals surface area contributed by atoms with E-state index in [9.17, 15) is 23.1 Å². The van der Waals surface area contributed by atoms with E-state index in [0.29, 0.717) is 18.5 Å². The van der Waals surface area contributed by atoms with Gasteiger partial charge in [-0.25, -0.2) is 4.98 Å². The number of halogens is 3. The number of nitrogens with one attached hydrogen (secondary N) is 2. The summed E-state index contributed by atoms with van der Waals surface area (Å²) in [6.45, 7) is -1.11. The first-order valence-corrected chi connectivity index (χ1v) is 6.68. The smallest absolute Gasteiger partial charge is 0.422 e. The zero-order chi connectivity index (χ0) is 16.2. The Morgan fingerprint density at radius 2 is 2.32 bits per heavy atom. The molecule has 0 radical (unpaired) electrons. The number of amides is 1. The Morgan fingerprint density at radius 1 is 1.55 bits per heavy atom. The van der Waals surface area contributed by atoms with Crippen molar-refractivity contribution in [2.75, 3.05) is 13.2 Å². The van der Waals surface area contributed by atoms with Crippen molar-refractivity contribution < 1.29 is 27.8 Å². The van der Waals surface area contributed by atoms with Crippen molar-refractivity contribution in [3.8, 4) is 5.88 Å². The van der Waals surface area contributed by atoms with Gasteiger partial charge in [0.05, 0.1) is 12.1 Å². The number of alkyl halides is 3. The van der Waals surface area contributed by atoms with Crippen molar-refractivity contribution in [3.05, 3.63) is 23.9 Å². The standard InChI is InChI=1S/C13H16F3N3O3/c14-13(15,16)7-22-12-8(2-1-3-17-12)5-19-11(21)10-4-9(20)6-18-10/h1-3,9-10,18,20H,4-7H2,(H,19,21)/t9-,10+/m0/s1. The van der Waals surface area contributed by atoms with E-state index in [4.69, 9.17) is 0 Å². The number of hydrogen-bond acceptors (Lipinski definition) is 5. The third kappa shape index (κ3) is 4.85. The fourth-order valence-corrected chi connectivity index (χ4v) is 2.06. The topological polar surface area (TPSA) is 83.5 Å². The van der Waals surface area contributed by atoms with Crippen LogP contribution in [0.3, 0.4) is 0 Å². The minimum Gasteiger partial charge on any atom is -0.468 e. The number of rotatable bonds is 5. The van der Waals surface area contributed by atoms with Crippen molar-refractivity contribution in [3.63, 3.8) is 0 Å². The first-order chi connectivity index (χ1) is 10.3. The molecule has 9 heteroatoms. The summed E-state index contributed by atoms with van der Waals surface area (Å²) in [6.07, 6.45) is -3.41. The van der Waals surface area contributed by atoms with Gasteiger partial charge in [-0.05, 0) is 12.5 Å². The molecule has 3 N–H and O–H groups in total. The van der Waals surface area contributed by atoms with Gasteiger partial charge in [0.25, 0.3) is 0 Å². The molecule has 1 amide bonds. The van der Waals surface area contributed by atoms with E-state index in [-0.39, 0.29) is 18.3 Å². The lowest BCUT2D eigenvalue weighted by Crippen LogP contribution is -2.40. The summed E-state index contributed by atoms with van der Waals surface area (Å²) in [5, 5.41) is 14.8. The molecule has 1 aliphatic rings. The van der Waals surface area contributed by atoms with Gasteiger partial charge >= 0.3 is 6.18 Å². The molecule has 1 aromatic rings. The van der Waals surface area contributed by atoms with E-state index < -0.39 is 24.9 Å². The van der Waals surface area contributed by atoms with Crippen LogP contribution in [0.15, 0.2) is 18.3 Å². The first-order valence-electron chi connectivity index (χ1n) is 6.68. The van der Waals surface area contributed by atoms with Crippen molar-refractivity contribution in [2.45, 2.75) is 31.3 Å². The highest BCUT2D eigenvalue weighted by molar-refractivity contribution is 5.82. The highest BCUT2D eigenvalue weighted by Crippen LogP contribution is 2.20. The lowest BCUT2D eigenvalue weighted by atomic mass is 10.2. The average molecular weight is 319 g/mol. The molecule has 2 rings (SSSR count). The van der Waals surface area contributed by atoms with Crippen LogP contribution in [0.1, 0.15) is 12.0 Å². The maximum Gasteiger partial charge on any atom is 0.422 e. The summed E-state index contributed by atoms with van der Waals surface area (Å²) in [5.74, 6) is -0.498. The predicted molar refractivity (Wildman–Crippen MR) is 70.0 cm³/mol. The minimum absolute atomic E-state index is 0.00581. The van der Waals surface area contributed by atoms with Crippen LogP contribution in [0.4, 0.5) is 13.2 Å². The van der Waals surface area contributed by atoms with Crippen LogP contribution < -0.4 is 15.4 Å². The molecule has 0 aliphatic carbocycles. The molecule has 0 unspecified atom stereocenters. The Bertz CT molecular complexity index is 525. The van der Waals surface area contributed by atoms with E-state index >= 15 is 0 Å². The van der Waals surface area contributed by atoms with Crippen LogP contribution in [0, 0.1) is 0 Å². The number of aliphatic hydroxyl groups excluding tert-OH is 1. The van der Waals surface area contributed by atoms with Crippen molar-refractivity contribution in [1.82, 2.24) is 15.6 Å². The number of ether oxygens (including phenoxy) is 1. The van der Waals surface area contributed by atoms with Gasteiger partial charge in [0.2, 0.25) is 11.8 Å². The molecule has 2 atom stereocenters. The molecular formula is C13H16F3N3O3. The lowest BCUT2D eigenvalue weighted by Gasteiger charge is -2.14. The Kier molecular flexibility index (Phi) is 5.19. The summed E-state index contributed by atoms with van der Waals surface area (Å²) >= 11 is 0. The zero-order valence-electron chi connectivity index (χ0n) is 11.6. The van der Waals surface area contributed by atoms with Crippen LogP contribution in [0.5, 0.6) is 5.88 Å². The quantitative estimate of drug-likeness (QED) is 0.730. The van der Waals surface area contributed by atoms with Gasteiger partial charge in [-0.3, -0.25) is 4.79 Å². The molecule has 122 valence electrons. The van der Waals surface area contributed by atoms with Crippen LogP contribution in [0.25, 0.3) is 0 Å². The fourth-order valence-electron chi connectivity index (χ4n) is 2.06. The monoisotopic (exact) mass is 319 g/mol. The van der Waals surface area contributed by atoms with Crippen molar-refractivity contribution in [2.24, 2.45) is 0 Å². The van der Waals surface area contributed by atoms with Gasteiger partial charge in [0.1, 0.15) is 0 Å². The molecule has 0 spiro atoms. The largest absolute Gasteiger partial charge is 0.468 e. The Labute approximate surface area is 124 Å². The molecular weight excluding hydrogens is 303 g/mol. The van der Waals surface area contributed by atoms with Crippen LogP contribution >= 0.6 is 0 Å². The lowest BCUT2D eigenvalue weighted by molar-refractivity contribution is -0.154. The van der Waals surface area contributed by atoms with Gasteiger partial charge in [-0.1, -0.05) is 6.07 Å². The second kappa shape index (κ2) is 6.93. The van der Waals surface area contributed by atoms with Crippen LogP contribution in [-0.2, 0) is 11.3 Å². The van der Waals surface area contributed by atoms with Gasteiger partial charge < -0.3 is 20.5 Å². The number of aromatic nitrogens is 1. The second-order valence-electron chi connectivity index (χ2n) is 4.94. The van der Waals surface area contributed by atoms with E-state index in [2.05, 4.69) is 20.4 Å². The van der Waals surface area contributed by atoms with Crippen molar-refractivity contribution >= 4 is 5.91 Å². The minimum atomic E-state index is -4.46. The number of carbonyl (C=O) groups excluding carboxylic acids is 1. The summed E-state index contributed by atoms with van der Waals surface area (Å²) in [4.78, 5) is 15.6. The highest BCUT2D eigenvalue weighted by atomic mass is 19.4. The molecule has 6 nitrogen and oxygen atoms in total. The predicted octanol–water partition coefficient (Wildman–Crippen LogP) is 0.362. The highest BCUT2D eigenvalue weighted by Gasteiger charge is 2.30. The third-order valence-corrected chi connectivity index (χ3v) is 3.10. The Balaban J connectivity index is 1.91. The summed E-state index contributed by atoms with van der Waals surface area (Å²) in [6, 6.07) is 2.56. The third-order valence-electron chi connectivity index (χ3n) is 3.10. The average Bonchev–Trinajstić information content (AvgIpc) is 2.89. The molecule has 2 heterocycles. The number of nitrogens with zero attached hydrogens (tertiary/aromatic N) is 1. The van der Waals surface area contributed by atoms with Crippen molar-refractivity contribution in [1.29, 1.82) is 0 Å². The Hall–Kier alpha value is -1.87. The second-order valence-corrected chi connectivity index (χ2v) is 4.94. The maximum atomic E-state index is 12.2. The number of aliphatic hydroxyl groups is 1. The number of β-amino-alcohol motifs (C(OH)–C–C–N with tert-alkyl or cyclic N) is 1. The van der Waals surface area contributed by atoms with Gasteiger partial charge in [-0.2, -0.15) is 13.2 Å². The van der Waals surface area contributed by atoms with Gasteiger partial charge in [0, 0.05) is 24.8 Å². The van der Waals surface area contributed by atoms with E-state index in [0.717, 1.165) is 0 Å². The van der Waals surface area contributed by atoms with E-state index in [1.54, 1.807) is 6.07 Å². The zero-order valence-corrected chi connectivity index (χ0v) is 11.6. The molecule has 1 fully saturated rings. The molecule has 0 aromatic carbocycles. The van der Waals surface area contributed by atoms with Gasteiger partial charge in [-0.15, -0.1) is 0 Å². The number of pyridine rings is 1. The Morgan fingerprint density at radius 3 is 2.95 bits per heavy atom. The van der Waals surface area contributed by atoms with Crippen LogP contribution in [0.2, 0.25) is 0 Å². The van der Waals surface area contributed by atoms with E-state index in [1.807, 2.05) is 0 Å². The molecule has 1 saturated heterocycles. The van der Waals surface area contributed by atoms with Gasteiger partial charge in [0.15, 0.2) is 6.61 Å². The van der Waals surface area contributed by atoms with E-state index in [1.165, 1.54) is 12.3 Å². The summed E-state index contributed by atoms with van der Waals surface area (Å²) in [7, 11) is 0. The first kappa shape index (κ1) is 16.5. The molecule has 22 heavy (non-hydrogen) atoms. The molecule has 0 saturated carbocycles. The molecule has 1 aliphatic heterocycles. The summed E-state index contributed by atoms with van der Waals surface area (Å²) < 4.78 is 41.2. The normalized spacial score (nSPS) is 21.6. The SMILES string of the molecule is O=C(NCc1cccnc1OCC(F)(F)F)[C@H]1C[C@H](O)CN1. The maximum absolute atomic E-state index is 12.2. The molecule has 0 bridgehead atoms. The number of carbonyl (C=O) groups is 1. The van der Waals surface area contributed by atoms with Crippen LogP contribution in [-0.4, -0.2) is 47.5 Å².